The van der Waals surface area contributed by atoms with Crippen LogP contribution in [0, 0.1) is 0 Å². The van der Waals surface area contributed by atoms with Gasteiger partial charge in [0.2, 0.25) is 0 Å². The molecule has 0 unspecified atom stereocenters. The number of aryl methyl sites for hydroxylation is 1. The van der Waals surface area contributed by atoms with E-state index in [0.717, 1.165) is 12.0 Å². The third-order valence-electron chi connectivity index (χ3n) is 4.67. The summed E-state index contributed by atoms with van der Waals surface area (Å²) < 4.78 is 0. The number of para-hydroxylation sites is 1. The molecular formula is C24H24N4O3. The van der Waals surface area contributed by atoms with Crippen molar-refractivity contribution in [1.29, 1.82) is 0 Å². The van der Waals surface area contributed by atoms with Gasteiger partial charge in [-0.2, -0.15) is 0 Å². The highest BCUT2D eigenvalue weighted by atomic mass is 16.2. The van der Waals surface area contributed by atoms with Crippen molar-refractivity contribution in [3.05, 3.63) is 95.3 Å². The lowest BCUT2D eigenvalue weighted by molar-refractivity contribution is -0.136. The number of nitrogens with zero attached hydrogens (tertiary/aromatic N) is 1. The van der Waals surface area contributed by atoms with Gasteiger partial charge in [-0.1, -0.05) is 49.4 Å². The molecule has 0 fully saturated rings. The summed E-state index contributed by atoms with van der Waals surface area (Å²) in [7, 11) is 0. The molecule has 2 aromatic carbocycles. The zero-order chi connectivity index (χ0) is 22.1. The molecule has 0 atom stereocenters. The van der Waals surface area contributed by atoms with Gasteiger partial charge in [-0.15, -0.1) is 0 Å². The number of carbonyl (C=O) groups excluding carboxylic acids is 3. The molecule has 0 aliphatic rings. The zero-order valence-corrected chi connectivity index (χ0v) is 17.2. The summed E-state index contributed by atoms with van der Waals surface area (Å²) in [5.41, 5.74) is 3.37. The number of carbonyl (C=O) groups is 3. The van der Waals surface area contributed by atoms with Crippen LogP contribution in [0.3, 0.4) is 0 Å². The van der Waals surface area contributed by atoms with E-state index < -0.39 is 11.8 Å². The van der Waals surface area contributed by atoms with Crippen molar-refractivity contribution in [2.75, 3.05) is 5.32 Å². The predicted octanol–water partition coefficient (Wildman–Crippen LogP) is 2.83. The zero-order valence-electron chi connectivity index (χ0n) is 17.2. The van der Waals surface area contributed by atoms with Crippen LogP contribution in [-0.4, -0.2) is 22.7 Å². The maximum Gasteiger partial charge on any atom is 0.313 e. The fourth-order valence-electron chi connectivity index (χ4n) is 2.89. The molecule has 0 aliphatic heterocycles. The van der Waals surface area contributed by atoms with Gasteiger partial charge in [0.05, 0.1) is 23.5 Å². The van der Waals surface area contributed by atoms with Crippen LogP contribution < -0.4 is 16.0 Å². The number of aromatic nitrogens is 1. The lowest BCUT2D eigenvalue weighted by atomic mass is 10.1. The number of hydrogen-bond acceptors (Lipinski definition) is 4. The minimum absolute atomic E-state index is 0.131. The number of benzene rings is 2. The third-order valence-corrected chi connectivity index (χ3v) is 4.67. The van der Waals surface area contributed by atoms with E-state index in [9.17, 15) is 14.4 Å². The normalized spacial score (nSPS) is 10.2. The second-order valence-electron chi connectivity index (χ2n) is 6.86. The van der Waals surface area contributed by atoms with Gasteiger partial charge < -0.3 is 16.0 Å². The lowest BCUT2D eigenvalue weighted by Crippen LogP contribution is -2.35. The highest BCUT2D eigenvalue weighted by molar-refractivity contribution is 6.40. The largest absolute Gasteiger partial charge is 0.348 e. The number of hydrogen-bond donors (Lipinski definition) is 3. The second kappa shape index (κ2) is 10.7. The fraction of sp³-hybridized carbons (Fsp3) is 0.167. The molecule has 0 bridgehead atoms. The average Bonchev–Trinajstić information content (AvgIpc) is 2.82. The Bertz CT molecular complexity index is 1050. The molecule has 3 aromatic rings. The van der Waals surface area contributed by atoms with E-state index >= 15 is 0 Å². The highest BCUT2D eigenvalue weighted by Crippen LogP contribution is 2.15. The second-order valence-corrected chi connectivity index (χ2v) is 6.86. The molecule has 3 amide bonds. The van der Waals surface area contributed by atoms with Gasteiger partial charge in [0.1, 0.15) is 0 Å². The summed E-state index contributed by atoms with van der Waals surface area (Å²) in [5, 5.41) is 7.86. The molecule has 31 heavy (non-hydrogen) atoms. The molecule has 3 rings (SSSR count). The van der Waals surface area contributed by atoms with Gasteiger partial charge in [0.15, 0.2) is 0 Å². The Morgan fingerprint density at radius 3 is 2.19 bits per heavy atom. The maximum absolute atomic E-state index is 12.7. The SMILES string of the molecule is CCc1ccc(CNC(=O)c2ccccc2NC(=O)C(=O)NCc2ccccn2)cc1. The van der Waals surface area contributed by atoms with Crippen LogP contribution in [-0.2, 0) is 29.1 Å². The highest BCUT2D eigenvalue weighted by Gasteiger charge is 2.17. The maximum atomic E-state index is 12.7. The van der Waals surface area contributed by atoms with Gasteiger partial charge in [-0.05, 0) is 41.8 Å². The van der Waals surface area contributed by atoms with Crippen molar-refractivity contribution >= 4 is 23.4 Å². The molecule has 7 heteroatoms. The Hall–Kier alpha value is -4.00. The Kier molecular flexibility index (Phi) is 7.48. The van der Waals surface area contributed by atoms with E-state index in [1.165, 1.54) is 5.56 Å². The first kappa shape index (κ1) is 21.7. The number of pyridine rings is 1. The topological polar surface area (TPSA) is 100 Å². The number of nitrogens with one attached hydrogen (secondary N) is 3. The number of amides is 3. The summed E-state index contributed by atoms with van der Waals surface area (Å²) in [6.07, 6.45) is 2.56. The van der Waals surface area contributed by atoms with Crippen molar-refractivity contribution in [2.24, 2.45) is 0 Å². The van der Waals surface area contributed by atoms with Gasteiger partial charge in [-0.25, -0.2) is 0 Å². The molecule has 158 valence electrons. The molecule has 3 N–H and O–H groups in total. The van der Waals surface area contributed by atoms with Crippen LogP contribution in [0.2, 0.25) is 0 Å². The van der Waals surface area contributed by atoms with E-state index in [0.29, 0.717) is 12.2 Å². The van der Waals surface area contributed by atoms with Crippen LogP contribution in [0.15, 0.2) is 72.9 Å². The van der Waals surface area contributed by atoms with Crippen molar-refractivity contribution in [3.8, 4) is 0 Å². The molecule has 0 saturated heterocycles. The summed E-state index contributed by atoms with van der Waals surface area (Å²) >= 11 is 0. The molecule has 0 aliphatic carbocycles. The average molecular weight is 416 g/mol. The van der Waals surface area contributed by atoms with Gasteiger partial charge in [0.25, 0.3) is 5.91 Å². The first-order valence-electron chi connectivity index (χ1n) is 10.0. The molecule has 0 saturated carbocycles. The molecule has 0 radical (unpaired) electrons. The van der Waals surface area contributed by atoms with E-state index in [1.54, 1.807) is 48.7 Å². The van der Waals surface area contributed by atoms with Crippen LogP contribution in [0.5, 0.6) is 0 Å². The first-order chi connectivity index (χ1) is 15.1. The van der Waals surface area contributed by atoms with E-state index in [-0.39, 0.29) is 23.7 Å². The van der Waals surface area contributed by atoms with Crippen molar-refractivity contribution in [3.63, 3.8) is 0 Å². The van der Waals surface area contributed by atoms with Crippen LogP contribution in [0.25, 0.3) is 0 Å². The van der Waals surface area contributed by atoms with E-state index in [1.807, 2.05) is 24.3 Å². The quantitative estimate of drug-likeness (QED) is 0.516. The molecular weight excluding hydrogens is 392 g/mol. The molecule has 1 heterocycles. The van der Waals surface area contributed by atoms with Crippen LogP contribution in [0.1, 0.15) is 34.1 Å². The van der Waals surface area contributed by atoms with Crippen LogP contribution in [0.4, 0.5) is 5.69 Å². The Morgan fingerprint density at radius 1 is 0.774 bits per heavy atom. The minimum Gasteiger partial charge on any atom is -0.348 e. The summed E-state index contributed by atoms with van der Waals surface area (Å²) in [6.45, 7) is 2.57. The summed E-state index contributed by atoms with van der Waals surface area (Å²) in [5.74, 6) is -2.01. The molecule has 1 aromatic heterocycles. The predicted molar refractivity (Wildman–Crippen MR) is 118 cm³/mol. The first-order valence-corrected chi connectivity index (χ1v) is 10.0. The Morgan fingerprint density at radius 2 is 1.48 bits per heavy atom. The van der Waals surface area contributed by atoms with E-state index in [4.69, 9.17) is 0 Å². The number of rotatable bonds is 7. The Balaban J connectivity index is 1.58. The van der Waals surface area contributed by atoms with Gasteiger partial charge >= 0.3 is 11.8 Å². The van der Waals surface area contributed by atoms with Crippen molar-refractivity contribution < 1.29 is 14.4 Å². The van der Waals surface area contributed by atoms with Crippen LogP contribution >= 0.6 is 0 Å². The monoisotopic (exact) mass is 416 g/mol. The smallest absolute Gasteiger partial charge is 0.313 e. The minimum atomic E-state index is -0.855. The van der Waals surface area contributed by atoms with Gasteiger partial charge in [0, 0.05) is 12.7 Å². The van der Waals surface area contributed by atoms with Gasteiger partial charge in [-0.3, -0.25) is 19.4 Å². The standard InChI is InChI=1S/C24H24N4O3/c1-2-17-10-12-18(13-11-17)15-26-22(29)20-8-3-4-9-21(20)28-24(31)23(30)27-16-19-7-5-6-14-25-19/h3-14H,2,15-16H2,1H3,(H,26,29)(H,27,30)(H,28,31). The third kappa shape index (κ3) is 6.24. The fourth-order valence-corrected chi connectivity index (χ4v) is 2.89. The lowest BCUT2D eigenvalue weighted by Gasteiger charge is -2.12. The van der Waals surface area contributed by atoms with E-state index in [2.05, 4.69) is 27.9 Å². The molecule has 0 spiro atoms. The van der Waals surface area contributed by atoms with Crippen molar-refractivity contribution in [1.82, 2.24) is 15.6 Å². The Labute approximate surface area is 180 Å². The summed E-state index contributed by atoms with van der Waals surface area (Å²) in [4.78, 5) is 41.1. The molecule has 7 nitrogen and oxygen atoms in total. The number of anilines is 1. The van der Waals surface area contributed by atoms with Crippen molar-refractivity contribution in [2.45, 2.75) is 26.4 Å². The summed E-state index contributed by atoms with van der Waals surface area (Å²) in [6, 6.07) is 19.8.